The quantitative estimate of drug-likeness (QED) is 0.0149. The van der Waals surface area contributed by atoms with Crippen molar-refractivity contribution in [1.29, 1.82) is 0 Å². The van der Waals surface area contributed by atoms with Crippen LogP contribution in [0.5, 0.6) is 0 Å². The molecule has 1 aliphatic carbocycles. The fraction of sp³-hybridized carbons (Fsp3) is 0.745. The molecule has 0 spiro atoms. The lowest BCUT2D eigenvalue weighted by Crippen LogP contribution is -2.64. The molecule has 0 bridgehead atoms. The Morgan fingerprint density at radius 1 is 0.508 bits per heavy atom. The van der Waals surface area contributed by atoms with Gasteiger partial charge in [0.2, 0.25) is 0 Å². The first kappa shape index (κ1) is 56.6. The van der Waals surface area contributed by atoms with Gasteiger partial charge in [-0.05, 0) is 83.5 Å². The summed E-state index contributed by atoms with van der Waals surface area (Å²) in [6, 6.07) is 0. The lowest BCUT2D eigenvalue weighted by molar-refractivity contribution is -0.220. The number of rotatable bonds is 37. The highest BCUT2D eigenvalue weighted by molar-refractivity contribution is 7.47. The molecule has 6 unspecified atom stereocenters. The molecule has 6 N–H and O–H groups in total. The van der Waals surface area contributed by atoms with Crippen LogP contribution in [0, 0.1) is 0 Å². The van der Waals surface area contributed by atoms with E-state index in [1.807, 2.05) is 0 Å². The van der Waals surface area contributed by atoms with Gasteiger partial charge in [-0.3, -0.25) is 18.6 Å². The fourth-order valence-electron chi connectivity index (χ4n) is 6.56. The second-order valence-corrected chi connectivity index (χ2v) is 17.3. The van der Waals surface area contributed by atoms with E-state index in [0.717, 1.165) is 83.5 Å². The van der Waals surface area contributed by atoms with Gasteiger partial charge in [0.25, 0.3) is 0 Å². The minimum absolute atomic E-state index is 0.0552. The van der Waals surface area contributed by atoms with Crippen molar-refractivity contribution < 1.29 is 63.1 Å². The van der Waals surface area contributed by atoms with Crippen LogP contribution in [0.15, 0.2) is 60.8 Å². The standard InChI is InChI=1S/C47H81O13P/c1-3-5-7-9-11-13-15-17-18-19-20-21-22-24-26-28-30-32-34-36-41(49)59-39(38-58-61(55,56)60-47-45(53)43(51)42(50)44(52)46(47)54)37-57-40(48)35-33-31-29-27-25-23-16-14-12-10-8-6-4-2/h11,13-14,16-18,20-21,24,26,39,42-47,50-54H,3-10,12,15,19,22-23,25,27-38H2,1-2H3,(H,55,56)/b13-11+,16-14+,18-17+,21-20+,26-24+/t39-,42?,43+,44?,45?,46?,47?/m1/s1. The number of phosphoric ester groups is 1. The summed E-state index contributed by atoms with van der Waals surface area (Å²) in [5.41, 5.74) is 0. The zero-order valence-electron chi connectivity index (χ0n) is 37.2. The molecule has 0 radical (unpaired) electrons. The van der Waals surface area contributed by atoms with Gasteiger partial charge in [-0.15, -0.1) is 0 Å². The average molecular weight is 885 g/mol. The minimum Gasteiger partial charge on any atom is -0.462 e. The third-order valence-electron chi connectivity index (χ3n) is 10.3. The van der Waals surface area contributed by atoms with E-state index in [1.165, 1.54) is 44.9 Å². The van der Waals surface area contributed by atoms with Crippen LogP contribution in [0.25, 0.3) is 0 Å². The lowest BCUT2D eigenvalue weighted by Gasteiger charge is -2.41. The van der Waals surface area contributed by atoms with Gasteiger partial charge in [0.15, 0.2) is 6.10 Å². The molecule has 0 amide bonds. The zero-order valence-corrected chi connectivity index (χ0v) is 38.1. The van der Waals surface area contributed by atoms with E-state index in [4.69, 9.17) is 18.5 Å². The third-order valence-corrected chi connectivity index (χ3v) is 11.3. The Hall–Kier alpha value is -2.45. The normalized spacial score (nSPS) is 22.6. The first-order valence-electron chi connectivity index (χ1n) is 23.1. The highest BCUT2D eigenvalue weighted by Gasteiger charge is 2.51. The van der Waals surface area contributed by atoms with E-state index in [0.29, 0.717) is 12.8 Å². The number of unbranched alkanes of at least 4 members (excludes halogenated alkanes) is 15. The predicted octanol–water partition coefficient (Wildman–Crippen LogP) is 8.94. The van der Waals surface area contributed by atoms with Crippen LogP contribution >= 0.6 is 7.82 Å². The van der Waals surface area contributed by atoms with Gasteiger partial charge >= 0.3 is 19.8 Å². The number of carbonyl (C=O) groups excluding carboxylic acids is 2. The molecule has 0 aliphatic heterocycles. The van der Waals surface area contributed by atoms with Crippen LogP contribution in [0.3, 0.4) is 0 Å². The molecule has 1 fully saturated rings. The van der Waals surface area contributed by atoms with Gasteiger partial charge in [0.1, 0.15) is 43.2 Å². The number of hydrogen-bond acceptors (Lipinski definition) is 12. The van der Waals surface area contributed by atoms with Crippen molar-refractivity contribution in [2.45, 2.75) is 211 Å². The molecule has 14 heteroatoms. The molecule has 0 saturated heterocycles. The molecule has 0 heterocycles. The molecule has 13 nitrogen and oxygen atoms in total. The summed E-state index contributed by atoms with van der Waals surface area (Å²) in [5.74, 6) is -1.15. The molecule has 1 saturated carbocycles. The molecule has 1 aliphatic rings. The number of esters is 2. The van der Waals surface area contributed by atoms with E-state index in [2.05, 4.69) is 74.6 Å². The lowest BCUT2D eigenvalue weighted by atomic mass is 9.85. The summed E-state index contributed by atoms with van der Waals surface area (Å²) in [6.45, 7) is 3.21. The van der Waals surface area contributed by atoms with E-state index < -0.39 is 75.7 Å². The van der Waals surface area contributed by atoms with E-state index >= 15 is 0 Å². The molecule has 0 aromatic rings. The number of ether oxygens (including phenoxy) is 2. The molecule has 1 rings (SSSR count). The predicted molar refractivity (Wildman–Crippen MR) is 239 cm³/mol. The number of aliphatic hydroxyl groups is 5. The summed E-state index contributed by atoms with van der Waals surface area (Å²) in [4.78, 5) is 35.7. The van der Waals surface area contributed by atoms with Crippen molar-refractivity contribution >= 4 is 19.8 Å². The molecule has 0 aromatic heterocycles. The third kappa shape index (κ3) is 29.5. The largest absolute Gasteiger partial charge is 0.472 e. The molecule has 352 valence electrons. The van der Waals surface area contributed by atoms with Gasteiger partial charge in [-0.1, -0.05) is 132 Å². The second kappa shape index (κ2) is 37.0. The number of hydrogen-bond donors (Lipinski definition) is 6. The summed E-state index contributed by atoms with van der Waals surface area (Å²) in [5, 5.41) is 50.1. The zero-order chi connectivity index (χ0) is 45.0. The Balaban J connectivity index is 2.50. The van der Waals surface area contributed by atoms with Crippen LogP contribution in [0.2, 0.25) is 0 Å². The molecular formula is C47H81O13P. The first-order valence-corrected chi connectivity index (χ1v) is 24.6. The van der Waals surface area contributed by atoms with Crippen molar-refractivity contribution in [3.05, 3.63) is 60.8 Å². The van der Waals surface area contributed by atoms with Crippen LogP contribution in [-0.4, -0.2) is 98.3 Å². The highest BCUT2D eigenvalue weighted by Crippen LogP contribution is 2.47. The smallest absolute Gasteiger partial charge is 0.462 e. The van der Waals surface area contributed by atoms with E-state index in [1.54, 1.807) is 0 Å². The first-order chi connectivity index (χ1) is 29.4. The van der Waals surface area contributed by atoms with Crippen LogP contribution in [0.4, 0.5) is 0 Å². The van der Waals surface area contributed by atoms with Crippen LogP contribution in [-0.2, 0) is 32.7 Å². The van der Waals surface area contributed by atoms with Crippen molar-refractivity contribution in [2.75, 3.05) is 13.2 Å². The molecular weight excluding hydrogens is 803 g/mol. The SMILES string of the molecule is CCCCC/C=C/C/C=C/C/C=C/C/C=C/CCCCCC(=O)O[C@H](COC(=O)CCCCCCC/C=C/CCCCCC)COP(=O)(O)OC1C(O)C(O)C(O)[C@H](O)C1O. The van der Waals surface area contributed by atoms with Crippen molar-refractivity contribution in [1.82, 2.24) is 0 Å². The number of phosphoric acid groups is 1. The Labute approximate surface area is 366 Å². The van der Waals surface area contributed by atoms with E-state index in [-0.39, 0.29) is 12.8 Å². The Kier molecular flexibility index (Phi) is 34.3. The van der Waals surface area contributed by atoms with Gasteiger partial charge in [-0.2, -0.15) is 0 Å². The maximum atomic E-state index is 12.8. The second-order valence-electron chi connectivity index (χ2n) is 15.9. The Morgan fingerprint density at radius 3 is 1.41 bits per heavy atom. The maximum absolute atomic E-state index is 12.8. The Bertz CT molecular complexity index is 1300. The topological polar surface area (TPSA) is 210 Å². The van der Waals surface area contributed by atoms with Crippen molar-refractivity contribution in [3.8, 4) is 0 Å². The summed E-state index contributed by atoms with van der Waals surface area (Å²) >= 11 is 0. The van der Waals surface area contributed by atoms with Crippen molar-refractivity contribution in [3.63, 3.8) is 0 Å². The van der Waals surface area contributed by atoms with Gasteiger partial charge < -0.3 is 39.9 Å². The highest BCUT2D eigenvalue weighted by atomic mass is 31.2. The number of aliphatic hydroxyl groups excluding tert-OH is 5. The fourth-order valence-corrected chi connectivity index (χ4v) is 7.53. The Morgan fingerprint density at radius 2 is 0.885 bits per heavy atom. The molecule has 8 atom stereocenters. The summed E-state index contributed by atoms with van der Waals surface area (Å²) < 4.78 is 33.5. The molecule has 61 heavy (non-hydrogen) atoms. The van der Waals surface area contributed by atoms with Crippen molar-refractivity contribution in [2.24, 2.45) is 0 Å². The van der Waals surface area contributed by atoms with Crippen LogP contribution < -0.4 is 0 Å². The van der Waals surface area contributed by atoms with Gasteiger partial charge in [-0.25, -0.2) is 4.57 Å². The van der Waals surface area contributed by atoms with Gasteiger partial charge in [0, 0.05) is 12.8 Å². The van der Waals surface area contributed by atoms with E-state index in [9.17, 15) is 44.6 Å². The average Bonchev–Trinajstić information content (AvgIpc) is 3.24. The summed E-state index contributed by atoms with van der Waals surface area (Å²) in [7, 11) is -5.13. The summed E-state index contributed by atoms with van der Waals surface area (Å²) in [6.07, 6.45) is 31.3. The molecule has 0 aromatic carbocycles. The maximum Gasteiger partial charge on any atom is 0.472 e. The van der Waals surface area contributed by atoms with Gasteiger partial charge in [0.05, 0.1) is 6.61 Å². The minimum atomic E-state index is -5.13. The number of carbonyl (C=O) groups is 2. The number of allylic oxidation sites excluding steroid dienone is 10. The van der Waals surface area contributed by atoms with Crippen LogP contribution in [0.1, 0.15) is 168 Å². The monoisotopic (exact) mass is 885 g/mol.